The van der Waals surface area contributed by atoms with Crippen LogP contribution in [0.5, 0.6) is 0 Å². The molecule has 2 aromatic carbocycles. The minimum Gasteiger partial charge on any atom is -0.364 e. The molecule has 0 bridgehead atoms. The average molecular weight is 682 g/mol. The van der Waals surface area contributed by atoms with Gasteiger partial charge in [0.15, 0.2) is 5.82 Å². The lowest BCUT2D eigenvalue weighted by atomic mass is 9.89. The molecule has 0 radical (unpaired) electrons. The van der Waals surface area contributed by atoms with Crippen LogP contribution in [-0.2, 0) is 18.3 Å². The zero-order valence-electron chi connectivity index (χ0n) is 29.4. The van der Waals surface area contributed by atoms with E-state index in [1.54, 1.807) is 31.0 Å². The lowest BCUT2D eigenvalue weighted by Crippen LogP contribution is -2.60. The number of aromatic amines is 1. The number of hydrogen-bond donors (Lipinski definition) is 1. The number of imidazole rings is 1. The van der Waals surface area contributed by atoms with Crippen molar-refractivity contribution in [3.05, 3.63) is 92.2 Å². The summed E-state index contributed by atoms with van der Waals surface area (Å²) >= 11 is 0. The number of hydrogen-bond acceptors (Lipinski definition) is 6. The lowest BCUT2D eigenvalue weighted by molar-refractivity contribution is -0.129. The van der Waals surface area contributed by atoms with Crippen molar-refractivity contribution in [3.8, 4) is 16.8 Å². The van der Waals surface area contributed by atoms with E-state index in [9.17, 15) is 9.59 Å². The number of aromatic nitrogens is 5. The molecule has 260 valence electrons. The Balaban J connectivity index is 1.65. The van der Waals surface area contributed by atoms with Crippen molar-refractivity contribution < 1.29 is 13.6 Å². The highest BCUT2D eigenvalue weighted by Crippen LogP contribution is 2.44. The predicted octanol–water partition coefficient (Wildman–Crippen LogP) is 6.00. The number of nitrogens with one attached hydrogen (secondary N) is 1. The molecule has 2 atom stereocenters. The van der Waals surface area contributed by atoms with Crippen LogP contribution < -0.4 is 16.1 Å². The summed E-state index contributed by atoms with van der Waals surface area (Å²) in [5.41, 5.74) is 2.79. The molecule has 2 aliphatic heterocycles. The van der Waals surface area contributed by atoms with Gasteiger partial charge in [-0.25, -0.2) is 23.5 Å². The zero-order valence-corrected chi connectivity index (χ0v) is 29.4. The van der Waals surface area contributed by atoms with Crippen molar-refractivity contribution in [1.82, 2.24) is 29.0 Å². The fraction of sp³-hybridized carbons (Fsp3) is 0.395. The Kier molecular flexibility index (Phi) is 8.03. The minimum atomic E-state index is -0.923. The normalized spacial score (nSPS) is 17.6. The first kappa shape index (κ1) is 33.4. The van der Waals surface area contributed by atoms with Crippen molar-refractivity contribution in [2.45, 2.75) is 78.3 Å². The molecule has 3 aromatic heterocycles. The fourth-order valence-electron chi connectivity index (χ4n) is 8.04. The largest absolute Gasteiger partial charge is 0.364 e. The molecule has 10 nitrogen and oxygen atoms in total. The molecule has 7 rings (SSSR count). The van der Waals surface area contributed by atoms with Crippen molar-refractivity contribution >= 4 is 33.5 Å². The van der Waals surface area contributed by atoms with E-state index in [1.165, 1.54) is 27.6 Å². The Labute approximate surface area is 288 Å². The molecular formula is C38H41F2N7O3. The van der Waals surface area contributed by atoms with Crippen molar-refractivity contribution in [2.75, 3.05) is 18.0 Å². The number of anilines is 1. The molecule has 1 fully saturated rings. The quantitative estimate of drug-likeness (QED) is 0.228. The standard InChI is InChI=1S/C38H41F2N7O3/c1-9-27(48)45-16-22-11-12-23-33(46(22)15-21(45)7)24-14-25(39)29(28-20(6)10-13-26-35(28)44(8)38(50)43-26)30(40)34(24)47(37(23)49)36-31(18(2)3)41-17-42-32(36)19(4)5/h9-10,13-14,17-19,21-22H,1,11-12,15-16H2,2-8H3,(H,43,50). The lowest BCUT2D eigenvalue weighted by Gasteiger charge is -2.49. The summed E-state index contributed by atoms with van der Waals surface area (Å²) in [5, 5.41) is 0.250. The van der Waals surface area contributed by atoms with E-state index in [-0.39, 0.29) is 51.9 Å². The van der Waals surface area contributed by atoms with Crippen LogP contribution in [0.15, 0.2) is 46.8 Å². The second-order valence-corrected chi connectivity index (χ2v) is 14.2. The van der Waals surface area contributed by atoms with Gasteiger partial charge in [0, 0.05) is 48.7 Å². The maximum absolute atomic E-state index is 17.9. The summed E-state index contributed by atoms with van der Waals surface area (Å²) in [5.74, 6) is -2.23. The maximum Gasteiger partial charge on any atom is 0.326 e. The van der Waals surface area contributed by atoms with Gasteiger partial charge in [-0.3, -0.25) is 18.7 Å². The molecule has 2 aliphatic rings. The Morgan fingerprint density at radius 2 is 1.70 bits per heavy atom. The van der Waals surface area contributed by atoms with Gasteiger partial charge in [0.25, 0.3) is 5.56 Å². The van der Waals surface area contributed by atoms with Crippen LogP contribution in [0.25, 0.3) is 38.8 Å². The van der Waals surface area contributed by atoms with E-state index in [1.807, 2.05) is 34.6 Å². The summed E-state index contributed by atoms with van der Waals surface area (Å²) in [6, 6.07) is 4.34. The SMILES string of the molecule is C=CC(=O)N1CC2CCc3c(c4cc(F)c(-c5c(C)ccc6[nH]c(=O)n(C)c56)c(F)c4n(-c4c(C(C)C)ncnc4C(C)C)c3=O)N2CC1C. The molecule has 1 N–H and O–H groups in total. The number of halogens is 2. The summed E-state index contributed by atoms with van der Waals surface area (Å²) in [4.78, 5) is 56.3. The molecule has 50 heavy (non-hydrogen) atoms. The van der Waals surface area contributed by atoms with Crippen LogP contribution in [0.3, 0.4) is 0 Å². The zero-order chi connectivity index (χ0) is 35.9. The number of benzene rings is 2. The molecular weight excluding hydrogens is 640 g/mol. The second kappa shape index (κ2) is 12.0. The van der Waals surface area contributed by atoms with Crippen molar-refractivity contribution in [3.63, 3.8) is 0 Å². The van der Waals surface area contributed by atoms with E-state index in [0.29, 0.717) is 70.9 Å². The molecule has 5 aromatic rings. The van der Waals surface area contributed by atoms with Crippen LogP contribution in [0.4, 0.5) is 14.5 Å². The summed E-state index contributed by atoms with van der Waals surface area (Å²) in [7, 11) is 1.55. The topological polar surface area (TPSA) is 109 Å². The summed E-state index contributed by atoms with van der Waals surface area (Å²) < 4.78 is 37.6. The second-order valence-electron chi connectivity index (χ2n) is 14.2. The number of rotatable bonds is 5. The molecule has 12 heteroatoms. The van der Waals surface area contributed by atoms with Gasteiger partial charge in [-0.05, 0) is 62.3 Å². The number of nitrogens with zero attached hydrogens (tertiary/aromatic N) is 6. The fourth-order valence-corrected chi connectivity index (χ4v) is 8.04. The average Bonchev–Trinajstić information content (AvgIpc) is 3.37. The molecule has 5 heterocycles. The van der Waals surface area contributed by atoms with Crippen molar-refractivity contribution in [1.29, 1.82) is 0 Å². The summed E-state index contributed by atoms with van der Waals surface area (Å²) in [6.45, 7) is 15.9. The Morgan fingerprint density at radius 1 is 1.02 bits per heavy atom. The van der Waals surface area contributed by atoms with Crippen LogP contribution in [0, 0.1) is 18.6 Å². The number of piperazine rings is 1. The maximum atomic E-state index is 17.9. The van der Waals surface area contributed by atoms with E-state index < -0.39 is 22.9 Å². The van der Waals surface area contributed by atoms with E-state index in [2.05, 4.69) is 26.4 Å². The monoisotopic (exact) mass is 681 g/mol. The van der Waals surface area contributed by atoms with Gasteiger partial charge < -0.3 is 14.8 Å². The van der Waals surface area contributed by atoms with E-state index in [4.69, 9.17) is 0 Å². The van der Waals surface area contributed by atoms with Crippen LogP contribution in [-0.4, -0.2) is 60.1 Å². The molecule has 2 unspecified atom stereocenters. The third-order valence-electron chi connectivity index (χ3n) is 10.4. The van der Waals surface area contributed by atoms with Gasteiger partial charge in [-0.15, -0.1) is 0 Å². The van der Waals surface area contributed by atoms with Gasteiger partial charge in [0.1, 0.15) is 12.1 Å². The number of H-pyrrole nitrogens is 1. The van der Waals surface area contributed by atoms with Gasteiger partial charge in [-0.1, -0.05) is 40.3 Å². The van der Waals surface area contributed by atoms with Crippen molar-refractivity contribution in [2.24, 2.45) is 7.05 Å². The van der Waals surface area contributed by atoms with Crippen LogP contribution >= 0.6 is 0 Å². The van der Waals surface area contributed by atoms with E-state index >= 15 is 13.6 Å². The van der Waals surface area contributed by atoms with Gasteiger partial charge in [-0.2, -0.15) is 0 Å². The molecule has 1 amide bonds. The Morgan fingerprint density at radius 3 is 2.34 bits per heavy atom. The van der Waals surface area contributed by atoms with Crippen LogP contribution in [0.1, 0.15) is 75.4 Å². The smallest absolute Gasteiger partial charge is 0.326 e. The first-order valence-corrected chi connectivity index (χ1v) is 17.1. The third kappa shape index (κ3) is 4.82. The minimum absolute atomic E-state index is 0.0846. The number of carbonyl (C=O) groups is 1. The number of carbonyl (C=O) groups excluding carboxylic acids is 1. The molecule has 1 saturated heterocycles. The summed E-state index contributed by atoms with van der Waals surface area (Å²) in [6.07, 6.45) is 3.69. The first-order chi connectivity index (χ1) is 23.8. The third-order valence-corrected chi connectivity index (χ3v) is 10.4. The van der Waals surface area contributed by atoms with Gasteiger partial charge in [0.2, 0.25) is 5.91 Å². The predicted molar refractivity (Wildman–Crippen MR) is 191 cm³/mol. The number of aryl methyl sites for hydroxylation is 2. The molecule has 0 aliphatic carbocycles. The highest BCUT2D eigenvalue weighted by Gasteiger charge is 2.40. The molecule has 0 saturated carbocycles. The van der Waals surface area contributed by atoms with Gasteiger partial charge in [0.05, 0.1) is 44.9 Å². The van der Waals surface area contributed by atoms with Gasteiger partial charge >= 0.3 is 5.69 Å². The number of fused-ring (bicyclic) bond motifs is 6. The first-order valence-electron chi connectivity index (χ1n) is 17.1. The molecule has 0 spiro atoms. The highest BCUT2D eigenvalue weighted by atomic mass is 19.1. The Bertz CT molecular complexity index is 2340. The number of pyridine rings is 1. The Hall–Kier alpha value is -5.13. The number of amides is 1. The highest BCUT2D eigenvalue weighted by molar-refractivity contribution is 6.02. The van der Waals surface area contributed by atoms with E-state index in [0.717, 1.165) is 0 Å². The van der Waals surface area contributed by atoms with Crippen LogP contribution in [0.2, 0.25) is 0 Å².